The Labute approximate surface area is 126 Å². The van der Waals surface area contributed by atoms with Crippen molar-refractivity contribution in [3.8, 4) is 0 Å². The molecule has 1 saturated carbocycles. The average Bonchev–Trinajstić information content (AvgIpc) is 2.43. The Hall–Kier alpha value is -1.29. The van der Waals surface area contributed by atoms with Crippen molar-refractivity contribution in [2.24, 2.45) is 0 Å². The maximum Gasteiger partial charge on any atom is 0.402 e. The first-order valence-electron chi connectivity index (χ1n) is 6.82. The third-order valence-electron chi connectivity index (χ3n) is 3.16. The number of rotatable bonds is 7. The molecular weight excluding hydrogens is 326 g/mol. The molecule has 0 unspecified atom stereocenters. The van der Waals surface area contributed by atoms with Crippen LogP contribution < -0.4 is 0 Å². The Morgan fingerprint density at radius 3 is 2.18 bits per heavy atom. The fraction of sp³-hybridized carbons (Fsp3) is 0.833. The molecule has 0 aromatic rings. The van der Waals surface area contributed by atoms with Gasteiger partial charge in [0.25, 0.3) is 0 Å². The average molecular weight is 344 g/mol. The summed E-state index contributed by atoms with van der Waals surface area (Å²) in [6.07, 6.45) is 3.51. The van der Waals surface area contributed by atoms with E-state index in [9.17, 15) is 26.8 Å². The molecule has 1 aliphatic rings. The lowest BCUT2D eigenvalue weighted by molar-refractivity contribution is -0.156. The summed E-state index contributed by atoms with van der Waals surface area (Å²) in [6, 6.07) is 0. The van der Waals surface area contributed by atoms with Gasteiger partial charge in [0, 0.05) is 0 Å². The molecule has 10 heteroatoms. The summed E-state index contributed by atoms with van der Waals surface area (Å²) in [6.45, 7) is -1.80. The highest BCUT2D eigenvalue weighted by molar-refractivity contribution is 7.86. The summed E-state index contributed by atoms with van der Waals surface area (Å²) in [5, 5.41) is -4.58. The predicted molar refractivity (Wildman–Crippen MR) is 69.7 cm³/mol. The van der Waals surface area contributed by atoms with Crippen molar-refractivity contribution in [1.29, 1.82) is 0 Å². The van der Waals surface area contributed by atoms with Gasteiger partial charge in [-0.05, 0) is 25.7 Å². The smallest absolute Gasteiger partial charge is 0.402 e. The number of carbonyl (C=O) groups is 2. The first-order valence-corrected chi connectivity index (χ1v) is 8.26. The maximum atomic E-state index is 12.8. The molecule has 1 N–H and O–H groups in total. The van der Waals surface area contributed by atoms with E-state index in [1.807, 2.05) is 0 Å². The van der Waals surface area contributed by atoms with Crippen molar-refractivity contribution in [2.75, 3.05) is 6.61 Å². The molecule has 0 aromatic heterocycles. The normalized spacial score (nSPS) is 17.0. The molecule has 0 heterocycles. The second kappa shape index (κ2) is 7.82. The van der Waals surface area contributed by atoms with Crippen molar-refractivity contribution < 1.29 is 40.8 Å². The van der Waals surface area contributed by atoms with Crippen LogP contribution in [0.15, 0.2) is 0 Å². The molecular formula is C12H18F2O7S. The summed E-state index contributed by atoms with van der Waals surface area (Å²) in [5.41, 5.74) is 0. The first kappa shape index (κ1) is 18.8. The SMILES string of the molecule is O=C(CCC(=O)OC1CCCCC1)OCC(F)(F)S(=O)(=O)O. The molecule has 0 aliphatic heterocycles. The van der Waals surface area contributed by atoms with Crippen LogP contribution in [0.1, 0.15) is 44.9 Å². The zero-order valence-electron chi connectivity index (χ0n) is 11.8. The van der Waals surface area contributed by atoms with Gasteiger partial charge in [-0.3, -0.25) is 14.1 Å². The van der Waals surface area contributed by atoms with Gasteiger partial charge >= 0.3 is 27.3 Å². The van der Waals surface area contributed by atoms with Crippen LogP contribution in [-0.2, 0) is 29.2 Å². The number of hydrogen-bond acceptors (Lipinski definition) is 6. The molecule has 0 amide bonds. The van der Waals surface area contributed by atoms with Gasteiger partial charge < -0.3 is 9.47 Å². The second-order valence-electron chi connectivity index (χ2n) is 5.02. The Morgan fingerprint density at radius 1 is 1.09 bits per heavy atom. The molecule has 0 radical (unpaired) electrons. The lowest BCUT2D eigenvalue weighted by Crippen LogP contribution is -2.34. The van der Waals surface area contributed by atoms with E-state index in [0.717, 1.165) is 32.1 Å². The molecule has 128 valence electrons. The van der Waals surface area contributed by atoms with Crippen molar-refractivity contribution >= 4 is 22.1 Å². The Bertz CT molecular complexity index is 498. The molecule has 0 saturated heterocycles. The van der Waals surface area contributed by atoms with Crippen molar-refractivity contribution in [3.05, 3.63) is 0 Å². The van der Waals surface area contributed by atoms with Crippen LogP contribution in [0.5, 0.6) is 0 Å². The molecule has 1 rings (SSSR count). The topological polar surface area (TPSA) is 107 Å². The fourth-order valence-electron chi connectivity index (χ4n) is 1.94. The zero-order valence-corrected chi connectivity index (χ0v) is 12.6. The molecule has 7 nitrogen and oxygen atoms in total. The van der Waals surface area contributed by atoms with Gasteiger partial charge in [0.05, 0.1) is 12.8 Å². The van der Waals surface area contributed by atoms with Crippen molar-refractivity contribution in [3.63, 3.8) is 0 Å². The van der Waals surface area contributed by atoms with Crippen LogP contribution in [-0.4, -0.2) is 42.9 Å². The van der Waals surface area contributed by atoms with Crippen LogP contribution in [0.4, 0.5) is 8.78 Å². The van der Waals surface area contributed by atoms with Gasteiger partial charge in [0.1, 0.15) is 6.10 Å². The number of ether oxygens (including phenoxy) is 2. The van der Waals surface area contributed by atoms with E-state index in [4.69, 9.17) is 9.29 Å². The summed E-state index contributed by atoms with van der Waals surface area (Å²) in [5.74, 6) is -1.81. The van der Waals surface area contributed by atoms with E-state index < -0.39 is 40.3 Å². The third-order valence-corrected chi connectivity index (χ3v) is 4.03. The quantitative estimate of drug-likeness (QED) is 0.553. The summed E-state index contributed by atoms with van der Waals surface area (Å²) >= 11 is 0. The molecule has 1 aliphatic carbocycles. The minimum absolute atomic E-state index is 0.180. The van der Waals surface area contributed by atoms with Crippen molar-refractivity contribution in [1.82, 2.24) is 0 Å². The predicted octanol–water partition coefficient (Wildman–Crippen LogP) is 1.67. The highest BCUT2D eigenvalue weighted by atomic mass is 32.2. The van der Waals surface area contributed by atoms with Crippen LogP contribution in [0.2, 0.25) is 0 Å². The largest absolute Gasteiger partial charge is 0.462 e. The Morgan fingerprint density at radius 2 is 1.64 bits per heavy atom. The number of carbonyl (C=O) groups excluding carboxylic acids is 2. The fourth-order valence-corrected chi connectivity index (χ4v) is 2.15. The zero-order chi connectivity index (χ0) is 16.8. The lowest BCUT2D eigenvalue weighted by Gasteiger charge is -2.21. The van der Waals surface area contributed by atoms with E-state index >= 15 is 0 Å². The summed E-state index contributed by atoms with van der Waals surface area (Å²) < 4.78 is 63.5. The summed E-state index contributed by atoms with van der Waals surface area (Å²) in [4.78, 5) is 22.6. The van der Waals surface area contributed by atoms with E-state index in [-0.39, 0.29) is 12.5 Å². The van der Waals surface area contributed by atoms with E-state index in [1.165, 1.54) is 0 Å². The van der Waals surface area contributed by atoms with Crippen LogP contribution >= 0.6 is 0 Å². The Kier molecular flexibility index (Phi) is 6.66. The van der Waals surface area contributed by atoms with E-state index in [2.05, 4.69) is 4.74 Å². The second-order valence-corrected chi connectivity index (χ2v) is 6.57. The number of esters is 2. The summed E-state index contributed by atoms with van der Waals surface area (Å²) in [7, 11) is -5.65. The minimum Gasteiger partial charge on any atom is -0.462 e. The molecule has 1 fully saturated rings. The molecule has 0 atom stereocenters. The van der Waals surface area contributed by atoms with Gasteiger partial charge in [-0.1, -0.05) is 6.42 Å². The van der Waals surface area contributed by atoms with Gasteiger partial charge in [0.15, 0.2) is 6.61 Å². The number of hydrogen-bond donors (Lipinski definition) is 1. The van der Waals surface area contributed by atoms with Crippen LogP contribution in [0, 0.1) is 0 Å². The number of alkyl halides is 2. The first-order chi connectivity index (χ1) is 10.1. The minimum atomic E-state index is -5.65. The molecule has 0 bridgehead atoms. The molecule has 0 spiro atoms. The third kappa shape index (κ3) is 6.22. The number of halogens is 2. The van der Waals surface area contributed by atoms with Crippen molar-refractivity contribution in [2.45, 2.75) is 56.3 Å². The van der Waals surface area contributed by atoms with Crippen LogP contribution in [0.3, 0.4) is 0 Å². The standard InChI is InChI=1S/C12H18F2O7S/c13-12(14,22(17,18)19)8-20-10(15)6-7-11(16)21-9-4-2-1-3-5-9/h9H,1-8H2,(H,17,18,19). The molecule has 0 aromatic carbocycles. The van der Waals surface area contributed by atoms with Gasteiger partial charge in [-0.15, -0.1) is 0 Å². The maximum absolute atomic E-state index is 12.8. The van der Waals surface area contributed by atoms with Gasteiger partial charge in [0.2, 0.25) is 0 Å². The van der Waals surface area contributed by atoms with Gasteiger partial charge in [-0.25, -0.2) is 0 Å². The van der Waals surface area contributed by atoms with E-state index in [0.29, 0.717) is 0 Å². The van der Waals surface area contributed by atoms with E-state index in [1.54, 1.807) is 0 Å². The molecule has 22 heavy (non-hydrogen) atoms. The van der Waals surface area contributed by atoms with Gasteiger partial charge in [-0.2, -0.15) is 17.2 Å². The lowest BCUT2D eigenvalue weighted by atomic mass is 9.98. The highest BCUT2D eigenvalue weighted by Crippen LogP contribution is 2.22. The van der Waals surface area contributed by atoms with Crippen LogP contribution in [0.25, 0.3) is 0 Å². The highest BCUT2D eigenvalue weighted by Gasteiger charge is 2.45. The monoisotopic (exact) mass is 344 g/mol. The Balaban J connectivity index is 2.26.